The maximum atomic E-state index is 13.0. The molecule has 1 aromatic carbocycles. The highest BCUT2D eigenvalue weighted by molar-refractivity contribution is 6.30. The summed E-state index contributed by atoms with van der Waals surface area (Å²) in [5.74, 6) is -1.55. The van der Waals surface area contributed by atoms with Crippen molar-refractivity contribution in [3.63, 3.8) is 0 Å². The maximum absolute atomic E-state index is 13.0. The molecule has 0 radical (unpaired) electrons. The van der Waals surface area contributed by atoms with Gasteiger partial charge in [0.15, 0.2) is 0 Å². The van der Waals surface area contributed by atoms with Gasteiger partial charge in [-0.3, -0.25) is 4.79 Å². The van der Waals surface area contributed by atoms with Crippen molar-refractivity contribution in [3.8, 4) is 0 Å². The van der Waals surface area contributed by atoms with Crippen LogP contribution in [0.3, 0.4) is 0 Å². The Kier molecular flexibility index (Phi) is 5.08. The molecule has 6 aliphatic rings. The summed E-state index contributed by atoms with van der Waals surface area (Å²) in [5, 5.41) is 3.26. The van der Waals surface area contributed by atoms with Crippen LogP contribution >= 0.6 is 0 Å². The lowest BCUT2D eigenvalue weighted by atomic mass is 9.95. The van der Waals surface area contributed by atoms with Crippen molar-refractivity contribution in [1.82, 2.24) is 14.1 Å². The molecule has 0 unspecified atom stereocenters. The molecule has 0 aliphatic carbocycles. The molecule has 0 N–H and O–H groups in total. The molecule has 1 atom stereocenters. The smallest absolute Gasteiger partial charge is 0.469 e. The van der Waals surface area contributed by atoms with Crippen LogP contribution in [0.5, 0.6) is 0 Å². The van der Waals surface area contributed by atoms with Gasteiger partial charge in [-0.2, -0.15) is 9.13 Å². The molecule has 4 aromatic rings. The number of esters is 2. The topological polar surface area (TPSA) is 81.4 Å². The fourth-order valence-electron chi connectivity index (χ4n) is 9.76. The lowest BCUT2D eigenvalue weighted by Gasteiger charge is -2.38. The number of hydrogen-bond acceptors (Lipinski definition) is 5. The predicted octanol–water partition coefficient (Wildman–Crippen LogP) is 4.02. The van der Waals surface area contributed by atoms with Crippen LogP contribution in [0.15, 0.2) is 35.0 Å². The molecule has 9 heterocycles. The van der Waals surface area contributed by atoms with Gasteiger partial charge in [-0.15, -0.1) is 0 Å². The summed E-state index contributed by atoms with van der Waals surface area (Å²) < 4.78 is 20.5. The Morgan fingerprint density at radius 2 is 1.69 bits per heavy atom. The summed E-state index contributed by atoms with van der Waals surface area (Å²) >= 11 is 0. The van der Waals surface area contributed by atoms with E-state index in [-0.39, 0.29) is 18.1 Å². The SMILES string of the molecule is CCC1=C(C)C2=[N+]3C1=Cc1c(C)c(CC)c4n1[C@@]31n3c(c(C)c(CCC(=O)OC)c3=CC3=[N+]1c1c2ccc2nc(C(=O)OC)cc3c12)=C4. The third kappa shape index (κ3) is 2.75. The summed E-state index contributed by atoms with van der Waals surface area (Å²) in [6, 6.07) is 6.14. The van der Waals surface area contributed by atoms with Crippen LogP contribution < -0.4 is 10.7 Å². The molecule has 0 amide bonds. The van der Waals surface area contributed by atoms with E-state index in [1.165, 1.54) is 64.9 Å². The van der Waals surface area contributed by atoms with E-state index in [0.717, 1.165) is 62.5 Å². The number of allylic oxidation sites excluding steroid dienone is 2. The van der Waals surface area contributed by atoms with Gasteiger partial charge in [0, 0.05) is 29.7 Å². The first-order chi connectivity index (χ1) is 23.2. The first-order valence-corrected chi connectivity index (χ1v) is 16.8. The number of carbonyl (C=O) groups is 2. The van der Waals surface area contributed by atoms with E-state index < -0.39 is 11.9 Å². The molecular weight excluding hydrogens is 602 g/mol. The molecule has 3 aromatic heterocycles. The number of methoxy groups -OCH3 is 2. The summed E-state index contributed by atoms with van der Waals surface area (Å²) in [7, 11) is 2.85. The summed E-state index contributed by atoms with van der Waals surface area (Å²) in [5.41, 5.74) is 17.7. The Labute approximate surface area is 276 Å². The lowest BCUT2D eigenvalue weighted by molar-refractivity contribution is -0.826. The minimum Gasteiger partial charge on any atom is -0.469 e. The number of nitrogens with zero attached hydrogens (tertiary/aromatic N) is 5. The first-order valence-electron chi connectivity index (χ1n) is 16.8. The lowest BCUT2D eigenvalue weighted by Crippen LogP contribution is -2.69. The second-order valence-electron chi connectivity index (χ2n) is 13.5. The fourth-order valence-corrected chi connectivity index (χ4v) is 9.76. The van der Waals surface area contributed by atoms with Gasteiger partial charge < -0.3 is 9.47 Å². The summed E-state index contributed by atoms with van der Waals surface area (Å²) in [6.45, 7) is 11.2. The average Bonchev–Trinajstić information content (AvgIpc) is 3.77. The normalized spacial score (nSPS) is 19.5. The Morgan fingerprint density at radius 3 is 2.42 bits per heavy atom. The largest absolute Gasteiger partial charge is 0.553 e. The second kappa shape index (κ2) is 8.78. The monoisotopic (exact) mass is 637 g/mol. The molecule has 0 fully saturated rings. The van der Waals surface area contributed by atoms with Crippen molar-refractivity contribution in [2.75, 3.05) is 14.2 Å². The molecule has 0 saturated heterocycles. The quantitative estimate of drug-likeness (QED) is 0.236. The van der Waals surface area contributed by atoms with E-state index in [1.54, 1.807) is 0 Å². The van der Waals surface area contributed by atoms with Gasteiger partial charge in [0.1, 0.15) is 11.3 Å². The van der Waals surface area contributed by atoms with Gasteiger partial charge in [0.25, 0.3) is 0 Å². The minimum absolute atomic E-state index is 0.227. The van der Waals surface area contributed by atoms with Crippen LogP contribution in [0.4, 0.5) is 5.69 Å². The van der Waals surface area contributed by atoms with Gasteiger partial charge in [-0.25, -0.2) is 9.78 Å². The van der Waals surface area contributed by atoms with Crippen molar-refractivity contribution in [3.05, 3.63) is 96.2 Å². The second-order valence-corrected chi connectivity index (χ2v) is 13.5. The van der Waals surface area contributed by atoms with E-state index in [1.807, 2.05) is 6.07 Å². The average molecular weight is 638 g/mol. The molecule has 0 bridgehead atoms. The highest BCUT2D eigenvalue weighted by Crippen LogP contribution is 2.55. The van der Waals surface area contributed by atoms with Crippen LogP contribution in [-0.2, 0) is 33.0 Å². The van der Waals surface area contributed by atoms with Crippen LogP contribution in [0, 0.1) is 13.8 Å². The third-order valence-electron chi connectivity index (χ3n) is 11.7. The van der Waals surface area contributed by atoms with Crippen LogP contribution in [-0.4, -0.2) is 60.9 Å². The molecule has 10 rings (SSSR count). The third-order valence-corrected chi connectivity index (χ3v) is 11.7. The molecule has 48 heavy (non-hydrogen) atoms. The molecule has 9 nitrogen and oxygen atoms in total. The van der Waals surface area contributed by atoms with E-state index >= 15 is 0 Å². The van der Waals surface area contributed by atoms with E-state index in [0.29, 0.717) is 6.42 Å². The van der Waals surface area contributed by atoms with Crippen LogP contribution in [0.1, 0.15) is 88.9 Å². The van der Waals surface area contributed by atoms with Crippen molar-refractivity contribution in [1.29, 1.82) is 0 Å². The number of rotatable bonds is 6. The van der Waals surface area contributed by atoms with E-state index in [9.17, 15) is 9.59 Å². The number of aromatic nitrogens is 3. The Hall–Kier alpha value is -5.31. The maximum Gasteiger partial charge on any atom is 0.553 e. The molecule has 6 aliphatic heterocycles. The molecule has 1 spiro atoms. The molecular formula is C39H35N5O4+2. The molecule has 9 heteroatoms. The number of fused-ring (bicyclic) bond motifs is 2. The number of pyridine rings is 1. The minimum atomic E-state index is -0.857. The van der Waals surface area contributed by atoms with Crippen LogP contribution in [0.25, 0.3) is 29.1 Å². The van der Waals surface area contributed by atoms with Gasteiger partial charge in [-0.1, -0.05) is 23.0 Å². The summed E-state index contributed by atoms with van der Waals surface area (Å²) in [4.78, 5) is 30.4. The van der Waals surface area contributed by atoms with Crippen molar-refractivity contribution < 1.29 is 28.2 Å². The highest BCUT2D eigenvalue weighted by atomic mass is 16.5. The van der Waals surface area contributed by atoms with E-state index in [4.69, 9.17) is 14.5 Å². The summed E-state index contributed by atoms with van der Waals surface area (Å²) in [6.07, 6.45) is 9.69. The number of benzene rings is 1. The van der Waals surface area contributed by atoms with Gasteiger partial charge in [-0.05, 0) is 86.6 Å². The number of hydrogen-bond donors (Lipinski definition) is 0. The van der Waals surface area contributed by atoms with Gasteiger partial charge in [0.2, 0.25) is 22.8 Å². The highest BCUT2D eigenvalue weighted by Gasteiger charge is 2.73. The van der Waals surface area contributed by atoms with E-state index in [2.05, 4.69) is 83.3 Å². The zero-order valence-corrected chi connectivity index (χ0v) is 28.2. The number of ether oxygens (including phenoxy) is 2. The predicted molar refractivity (Wildman–Crippen MR) is 181 cm³/mol. The van der Waals surface area contributed by atoms with Crippen molar-refractivity contribution in [2.45, 2.75) is 66.2 Å². The first kappa shape index (κ1) is 27.8. The zero-order chi connectivity index (χ0) is 33.1. The van der Waals surface area contributed by atoms with Gasteiger partial charge >= 0.3 is 17.8 Å². The van der Waals surface area contributed by atoms with Crippen molar-refractivity contribution >= 4 is 58.2 Å². The number of carbonyl (C=O) groups excluding carboxylic acids is 2. The Balaban J connectivity index is 1.47. The molecule has 238 valence electrons. The Bertz CT molecular complexity index is 2620. The Morgan fingerprint density at radius 1 is 0.875 bits per heavy atom. The van der Waals surface area contributed by atoms with Crippen LogP contribution in [0.2, 0.25) is 0 Å². The fraction of sp³-hybridized carbons (Fsp3) is 0.308. The molecule has 0 saturated carbocycles. The van der Waals surface area contributed by atoms with Crippen molar-refractivity contribution in [2.24, 2.45) is 0 Å². The van der Waals surface area contributed by atoms with Gasteiger partial charge in [0.05, 0.1) is 52.8 Å². The zero-order valence-electron chi connectivity index (χ0n) is 28.2. The standard InChI is InChI=1S/C39H35N5O4/c1-8-21-18(3)28-16-31-22(9-2)20(5)36-24-10-12-26-35-25(14-27(40-26)38(46)48-7)33-17-32-23(11-13-34(45)47-6)19(4)29-15-30(21)41(28)39(42(29)32,43(31)36)44(33)37(24)35/h10,12,14-17H,8-9,11,13H2,1-7H3/q+2/t39-/m1/s1.